The molecule has 1 saturated heterocycles. The fourth-order valence-corrected chi connectivity index (χ4v) is 5.28. The number of nitrogens with one attached hydrogen (secondary N) is 2. The number of thioether (sulfide) groups is 1. The average molecular weight is 468 g/mol. The lowest BCUT2D eigenvalue weighted by Crippen LogP contribution is -2.28. The summed E-state index contributed by atoms with van der Waals surface area (Å²) in [7, 11) is -3.54. The maximum Gasteiger partial charge on any atom is 0.243 e. The molecule has 0 bridgehead atoms. The van der Waals surface area contributed by atoms with Gasteiger partial charge in [0.1, 0.15) is 0 Å². The third-order valence-corrected chi connectivity index (χ3v) is 7.49. The van der Waals surface area contributed by atoms with Crippen molar-refractivity contribution in [2.45, 2.75) is 17.7 Å². The molecule has 160 valence electrons. The molecule has 2 aromatic rings. The molecule has 10 heteroatoms. The summed E-state index contributed by atoms with van der Waals surface area (Å²) in [6.45, 7) is 1.04. The van der Waals surface area contributed by atoms with Crippen LogP contribution in [-0.2, 0) is 19.6 Å². The zero-order chi connectivity index (χ0) is 21.6. The molecule has 2 aromatic carbocycles. The van der Waals surface area contributed by atoms with Crippen LogP contribution in [0.4, 0.5) is 11.4 Å². The van der Waals surface area contributed by atoms with Gasteiger partial charge >= 0.3 is 0 Å². The van der Waals surface area contributed by atoms with Crippen molar-refractivity contribution >= 4 is 56.6 Å². The number of hydrogen-bond acceptors (Lipinski definition) is 5. The van der Waals surface area contributed by atoms with Crippen molar-refractivity contribution in [2.75, 3.05) is 35.2 Å². The van der Waals surface area contributed by atoms with Crippen LogP contribution in [0, 0.1) is 0 Å². The lowest BCUT2D eigenvalue weighted by atomic mass is 10.3. The molecule has 1 heterocycles. The number of benzene rings is 2. The smallest absolute Gasteiger partial charge is 0.243 e. The van der Waals surface area contributed by atoms with Gasteiger partial charge in [-0.05, 0) is 55.3 Å². The number of hydrogen-bond donors (Lipinski definition) is 2. The van der Waals surface area contributed by atoms with E-state index in [9.17, 15) is 18.0 Å². The van der Waals surface area contributed by atoms with Gasteiger partial charge < -0.3 is 10.6 Å². The molecule has 2 N–H and O–H groups in total. The zero-order valence-corrected chi connectivity index (χ0v) is 18.5. The fraction of sp³-hybridized carbons (Fsp3) is 0.300. The normalized spacial score (nSPS) is 14.4. The summed E-state index contributed by atoms with van der Waals surface area (Å²) in [6.07, 6.45) is 1.72. The first-order chi connectivity index (χ1) is 14.3. The van der Waals surface area contributed by atoms with E-state index in [-0.39, 0.29) is 28.2 Å². The topological polar surface area (TPSA) is 95.6 Å². The van der Waals surface area contributed by atoms with Gasteiger partial charge in [0, 0.05) is 29.5 Å². The minimum Gasteiger partial charge on any atom is -0.325 e. The van der Waals surface area contributed by atoms with E-state index in [0.29, 0.717) is 29.5 Å². The van der Waals surface area contributed by atoms with E-state index in [0.717, 1.165) is 24.6 Å². The summed E-state index contributed by atoms with van der Waals surface area (Å²) in [6, 6.07) is 13.0. The lowest BCUT2D eigenvalue weighted by Gasteiger charge is -2.16. The molecule has 0 spiro atoms. The molecular weight excluding hydrogens is 446 g/mol. The molecule has 0 aliphatic carbocycles. The van der Waals surface area contributed by atoms with Crippen molar-refractivity contribution in [1.29, 1.82) is 0 Å². The van der Waals surface area contributed by atoms with E-state index >= 15 is 0 Å². The Labute approximate surface area is 185 Å². The first-order valence-corrected chi connectivity index (χ1v) is 12.3. The standard InChI is InChI=1S/C20H22ClN3O4S2/c21-15-6-8-16(9-7-15)22-19(25)13-29-14-20(26)23-17-4-3-5-18(12-17)30(27,28)24-10-1-2-11-24/h3-9,12H,1-2,10-11,13-14H2,(H,22,25)(H,23,26). The Morgan fingerprint density at radius 3 is 2.17 bits per heavy atom. The fourth-order valence-electron chi connectivity index (χ4n) is 2.98. The Hall–Kier alpha value is -2.07. The molecule has 0 radical (unpaired) electrons. The second-order valence-corrected chi connectivity index (χ2v) is 10.1. The average Bonchev–Trinajstić information content (AvgIpc) is 3.26. The molecule has 0 atom stereocenters. The quantitative estimate of drug-likeness (QED) is 0.620. The van der Waals surface area contributed by atoms with Gasteiger partial charge in [0.2, 0.25) is 21.8 Å². The van der Waals surface area contributed by atoms with Crippen molar-refractivity contribution in [3.05, 3.63) is 53.6 Å². The van der Waals surface area contributed by atoms with Gasteiger partial charge in [-0.2, -0.15) is 4.31 Å². The van der Waals surface area contributed by atoms with Gasteiger partial charge in [-0.1, -0.05) is 17.7 Å². The molecule has 3 rings (SSSR count). The zero-order valence-electron chi connectivity index (χ0n) is 16.1. The van der Waals surface area contributed by atoms with Crippen LogP contribution < -0.4 is 10.6 Å². The molecule has 0 aromatic heterocycles. The summed E-state index contributed by atoms with van der Waals surface area (Å²) >= 11 is 6.97. The predicted octanol–water partition coefficient (Wildman–Crippen LogP) is 3.43. The Balaban J connectivity index is 1.48. The number of nitrogens with zero attached hydrogens (tertiary/aromatic N) is 1. The summed E-state index contributed by atoms with van der Waals surface area (Å²) < 4.78 is 26.8. The predicted molar refractivity (Wildman–Crippen MR) is 120 cm³/mol. The summed E-state index contributed by atoms with van der Waals surface area (Å²) in [5, 5.41) is 5.99. The van der Waals surface area contributed by atoms with Gasteiger partial charge in [-0.25, -0.2) is 8.42 Å². The first kappa shape index (κ1) is 22.6. The van der Waals surface area contributed by atoms with Crippen LogP contribution in [0.3, 0.4) is 0 Å². The van der Waals surface area contributed by atoms with Crippen molar-refractivity contribution in [3.8, 4) is 0 Å². The Morgan fingerprint density at radius 2 is 1.53 bits per heavy atom. The van der Waals surface area contributed by atoms with E-state index in [1.807, 2.05) is 0 Å². The molecule has 2 amide bonds. The van der Waals surface area contributed by atoms with E-state index in [4.69, 9.17) is 11.6 Å². The molecular formula is C20H22ClN3O4S2. The SMILES string of the molecule is O=C(CSCC(=O)Nc1cccc(S(=O)(=O)N2CCCC2)c1)Nc1ccc(Cl)cc1. The van der Waals surface area contributed by atoms with Crippen LogP contribution in [0.1, 0.15) is 12.8 Å². The van der Waals surface area contributed by atoms with Crippen molar-refractivity contribution in [1.82, 2.24) is 4.31 Å². The highest BCUT2D eigenvalue weighted by Gasteiger charge is 2.27. The highest BCUT2D eigenvalue weighted by molar-refractivity contribution is 8.00. The van der Waals surface area contributed by atoms with Crippen LogP contribution in [0.25, 0.3) is 0 Å². The van der Waals surface area contributed by atoms with Crippen LogP contribution in [0.5, 0.6) is 0 Å². The summed E-state index contributed by atoms with van der Waals surface area (Å²) in [5.41, 5.74) is 1.04. The van der Waals surface area contributed by atoms with Crippen LogP contribution in [0.15, 0.2) is 53.4 Å². The summed E-state index contributed by atoms with van der Waals surface area (Å²) in [5.74, 6) is -0.361. The number of sulfonamides is 1. The van der Waals surface area contributed by atoms with Crippen LogP contribution in [-0.4, -0.2) is 49.1 Å². The first-order valence-electron chi connectivity index (χ1n) is 9.38. The monoisotopic (exact) mass is 467 g/mol. The number of anilines is 2. The number of carbonyl (C=O) groups excluding carboxylic acids is 2. The van der Waals surface area contributed by atoms with E-state index < -0.39 is 10.0 Å². The lowest BCUT2D eigenvalue weighted by molar-refractivity contribution is -0.114. The van der Waals surface area contributed by atoms with E-state index in [1.54, 1.807) is 36.4 Å². The minimum absolute atomic E-state index is 0.0666. The third-order valence-electron chi connectivity index (χ3n) is 4.41. The molecule has 1 fully saturated rings. The number of carbonyl (C=O) groups is 2. The van der Waals surface area contributed by atoms with Crippen molar-refractivity contribution in [3.63, 3.8) is 0 Å². The van der Waals surface area contributed by atoms with Gasteiger partial charge in [-0.3, -0.25) is 9.59 Å². The molecule has 1 aliphatic rings. The number of halogens is 1. The molecule has 0 saturated carbocycles. The third kappa shape index (κ3) is 6.21. The second-order valence-electron chi connectivity index (χ2n) is 6.74. The van der Waals surface area contributed by atoms with Gasteiger partial charge in [-0.15, -0.1) is 11.8 Å². The molecule has 30 heavy (non-hydrogen) atoms. The molecule has 7 nitrogen and oxygen atoms in total. The highest BCUT2D eigenvalue weighted by Crippen LogP contribution is 2.23. The van der Waals surface area contributed by atoms with Gasteiger partial charge in [0.25, 0.3) is 0 Å². The Bertz CT molecular complexity index is 1010. The largest absolute Gasteiger partial charge is 0.325 e. The van der Waals surface area contributed by atoms with Crippen LogP contribution >= 0.6 is 23.4 Å². The maximum absolute atomic E-state index is 12.6. The van der Waals surface area contributed by atoms with Gasteiger partial charge in [0.15, 0.2) is 0 Å². The Kier molecular flexibility index (Phi) is 7.76. The van der Waals surface area contributed by atoms with E-state index in [1.165, 1.54) is 16.4 Å². The minimum atomic E-state index is -3.54. The van der Waals surface area contributed by atoms with Crippen molar-refractivity contribution in [2.24, 2.45) is 0 Å². The van der Waals surface area contributed by atoms with Crippen LogP contribution in [0.2, 0.25) is 5.02 Å². The second kappa shape index (κ2) is 10.3. The molecule has 1 aliphatic heterocycles. The molecule has 0 unspecified atom stereocenters. The van der Waals surface area contributed by atoms with E-state index in [2.05, 4.69) is 10.6 Å². The number of rotatable bonds is 8. The van der Waals surface area contributed by atoms with Crippen molar-refractivity contribution < 1.29 is 18.0 Å². The highest BCUT2D eigenvalue weighted by atomic mass is 35.5. The Morgan fingerprint density at radius 1 is 0.933 bits per heavy atom. The maximum atomic E-state index is 12.6. The summed E-state index contributed by atoms with van der Waals surface area (Å²) in [4.78, 5) is 24.3. The van der Waals surface area contributed by atoms with Gasteiger partial charge in [0.05, 0.1) is 16.4 Å². The number of amides is 2.